The summed E-state index contributed by atoms with van der Waals surface area (Å²) in [6, 6.07) is 20.1. The Labute approximate surface area is 130 Å². The summed E-state index contributed by atoms with van der Waals surface area (Å²) >= 11 is 1.03. The van der Waals surface area contributed by atoms with Crippen LogP contribution in [0.2, 0.25) is 0 Å². The zero-order chi connectivity index (χ0) is 14.2. The predicted octanol–water partition coefficient (Wildman–Crippen LogP) is 2.45. The zero-order valence-electron chi connectivity index (χ0n) is 10.7. The number of benzene rings is 2. The Hall–Kier alpha value is -1.54. The monoisotopic (exact) mass is 392 g/mol. The summed E-state index contributed by atoms with van der Waals surface area (Å²) in [6.45, 7) is 0. The van der Waals surface area contributed by atoms with Crippen molar-refractivity contribution in [1.82, 2.24) is 0 Å². The second-order valence-corrected chi connectivity index (χ2v) is 11.4. The van der Waals surface area contributed by atoms with Crippen molar-refractivity contribution in [2.45, 2.75) is 10.6 Å². The maximum atomic E-state index is 9.05. The summed E-state index contributed by atoms with van der Waals surface area (Å²) in [7, 11) is 0. The zero-order valence-corrected chi connectivity index (χ0v) is 14.2. The molecule has 0 atom stereocenters. The molecule has 0 saturated heterocycles. The van der Waals surface area contributed by atoms with Crippen LogP contribution in [-0.4, -0.2) is 26.3 Å². The molecule has 0 N–H and O–H groups in total. The van der Waals surface area contributed by atoms with Crippen LogP contribution >= 0.6 is 0 Å². The van der Waals surface area contributed by atoms with E-state index in [-0.39, 0.29) is 0 Å². The third-order valence-electron chi connectivity index (χ3n) is 2.79. The van der Waals surface area contributed by atoms with Gasteiger partial charge in [0, 0.05) is 0 Å². The van der Waals surface area contributed by atoms with Gasteiger partial charge in [0.25, 0.3) is 0 Å². The number of hydrogen-bond acceptors (Lipinski definition) is 2. The number of nitrogens with zero attached hydrogens (tertiary/aromatic N) is 2. The number of rotatable bonds is 5. The van der Waals surface area contributed by atoms with Crippen LogP contribution in [0, 0.1) is 22.7 Å². The van der Waals surface area contributed by atoms with Crippen molar-refractivity contribution in [3.8, 4) is 12.1 Å². The average molecular weight is 390 g/mol. The van der Waals surface area contributed by atoms with Crippen LogP contribution in [0.25, 0.3) is 0 Å². The molecule has 20 heavy (non-hydrogen) atoms. The summed E-state index contributed by atoms with van der Waals surface area (Å²) in [5, 5.41) is 20.1. The molecule has 2 aromatic rings. The summed E-state index contributed by atoms with van der Waals surface area (Å²) in [4.78, 5) is 0. The SMILES string of the molecule is N#Cc1ccccc1C[Se][Se]Cc1ccccc1C#N. The van der Waals surface area contributed by atoms with E-state index in [0.717, 1.165) is 32.9 Å². The quantitative estimate of drug-likeness (QED) is 0.582. The fourth-order valence-corrected chi connectivity index (χ4v) is 8.24. The summed E-state index contributed by atoms with van der Waals surface area (Å²) < 4.78 is 0. The van der Waals surface area contributed by atoms with Crippen LogP contribution < -0.4 is 0 Å². The van der Waals surface area contributed by atoms with Gasteiger partial charge in [0.1, 0.15) is 0 Å². The molecule has 2 nitrogen and oxygen atoms in total. The van der Waals surface area contributed by atoms with Gasteiger partial charge in [0.05, 0.1) is 0 Å². The number of nitriles is 2. The van der Waals surface area contributed by atoms with Gasteiger partial charge in [-0.15, -0.1) is 0 Å². The first kappa shape index (κ1) is 14.9. The number of hydrogen-bond donors (Lipinski definition) is 0. The van der Waals surface area contributed by atoms with Crippen molar-refractivity contribution >= 4 is 26.3 Å². The Morgan fingerprint density at radius 1 is 0.700 bits per heavy atom. The Kier molecular flexibility index (Phi) is 5.87. The van der Waals surface area contributed by atoms with Gasteiger partial charge < -0.3 is 0 Å². The van der Waals surface area contributed by atoms with Crippen molar-refractivity contribution in [3.63, 3.8) is 0 Å². The van der Waals surface area contributed by atoms with Crippen molar-refractivity contribution < 1.29 is 0 Å². The van der Waals surface area contributed by atoms with E-state index in [0.29, 0.717) is 26.3 Å². The van der Waals surface area contributed by atoms with Gasteiger partial charge >= 0.3 is 130 Å². The Balaban J connectivity index is 1.88. The van der Waals surface area contributed by atoms with E-state index in [9.17, 15) is 0 Å². The molecular formula is C16H12N2Se2. The van der Waals surface area contributed by atoms with E-state index < -0.39 is 0 Å². The maximum absolute atomic E-state index is 9.05. The molecule has 2 rings (SSSR count). The molecule has 0 aliphatic rings. The minimum absolute atomic E-state index is 0.516. The topological polar surface area (TPSA) is 47.6 Å². The van der Waals surface area contributed by atoms with E-state index >= 15 is 0 Å². The van der Waals surface area contributed by atoms with E-state index in [4.69, 9.17) is 10.5 Å². The van der Waals surface area contributed by atoms with Crippen LogP contribution in [0.15, 0.2) is 48.5 Å². The van der Waals surface area contributed by atoms with Crippen LogP contribution in [0.1, 0.15) is 22.3 Å². The van der Waals surface area contributed by atoms with Gasteiger partial charge in [0.2, 0.25) is 0 Å². The fourth-order valence-electron chi connectivity index (χ4n) is 1.72. The molecular weight excluding hydrogens is 378 g/mol. The molecule has 0 aromatic heterocycles. The molecule has 0 aliphatic carbocycles. The molecule has 0 bridgehead atoms. The van der Waals surface area contributed by atoms with Crippen LogP contribution in [0.4, 0.5) is 0 Å². The summed E-state index contributed by atoms with van der Waals surface area (Å²) in [6.07, 6.45) is 0. The van der Waals surface area contributed by atoms with E-state index in [1.54, 1.807) is 0 Å². The van der Waals surface area contributed by atoms with Gasteiger partial charge in [-0.25, -0.2) is 0 Å². The first-order valence-corrected chi connectivity index (χ1v) is 12.8. The normalized spacial score (nSPS) is 9.70. The molecule has 0 unspecified atom stereocenters. The van der Waals surface area contributed by atoms with Crippen LogP contribution in [0.3, 0.4) is 0 Å². The molecule has 2 aromatic carbocycles. The molecule has 0 heterocycles. The predicted molar refractivity (Wildman–Crippen MR) is 81.2 cm³/mol. The first-order valence-electron chi connectivity index (χ1n) is 6.05. The standard InChI is InChI=1S/C16H12N2Se2/c17-9-13-5-1-3-7-15(13)11-19-20-12-16-8-4-2-6-14(16)10-18/h1-8H,11-12H2. The van der Waals surface area contributed by atoms with Crippen LogP contribution in [-0.2, 0) is 10.6 Å². The van der Waals surface area contributed by atoms with Gasteiger partial charge in [-0.1, -0.05) is 0 Å². The molecule has 0 fully saturated rings. The van der Waals surface area contributed by atoms with Gasteiger partial charge in [-0.3, -0.25) is 0 Å². The molecule has 0 aliphatic heterocycles. The van der Waals surface area contributed by atoms with Crippen molar-refractivity contribution in [1.29, 1.82) is 10.5 Å². The molecule has 0 saturated carbocycles. The second kappa shape index (κ2) is 7.91. The minimum atomic E-state index is 0.516. The van der Waals surface area contributed by atoms with Crippen molar-refractivity contribution in [2.75, 3.05) is 0 Å². The molecule has 98 valence electrons. The van der Waals surface area contributed by atoms with Gasteiger partial charge in [0.15, 0.2) is 0 Å². The average Bonchev–Trinajstić information content (AvgIpc) is 2.52. The Morgan fingerprint density at radius 3 is 1.50 bits per heavy atom. The molecule has 0 amide bonds. The summed E-state index contributed by atoms with van der Waals surface area (Å²) in [5.41, 5.74) is 3.90. The molecule has 4 heteroatoms. The van der Waals surface area contributed by atoms with Crippen molar-refractivity contribution in [3.05, 3.63) is 70.8 Å². The third-order valence-corrected chi connectivity index (χ3v) is 9.32. The summed E-state index contributed by atoms with van der Waals surface area (Å²) in [5.74, 6) is 0. The Bertz CT molecular complexity index is 609. The van der Waals surface area contributed by atoms with Crippen molar-refractivity contribution in [2.24, 2.45) is 0 Å². The van der Waals surface area contributed by atoms with E-state index in [1.165, 1.54) is 0 Å². The first-order chi connectivity index (χ1) is 9.85. The van der Waals surface area contributed by atoms with Crippen LogP contribution in [0.5, 0.6) is 0 Å². The van der Waals surface area contributed by atoms with Gasteiger partial charge in [-0.2, -0.15) is 0 Å². The second-order valence-electron chi connectivity index (χ2n) is 4.06. The van der Waals surface area contributed by atoms with E-state index in [2.05, 4.69) is 12.1 Å². The Morgan fingerprint density at radius 2 is 1.10 bits per heavy atom. The molecule has 0 radical (unpaired) electrons. The van der Waals surface area contributed by atoms with E-state index in [1.807, 2.05) is 48.5 Å². The molecule has 0 spiro atoms. The third kappa shape index (κ3) is 3.97. The van der Waals surface area contributed by atoms with Gasteiger partial charge in [-0.05, 0) is 0 Å². The fraction of sp³-hybridized carbons (Fsp3) is 0.125.